The Morgan fingerprint density at radius 3 is 2.31 bits per heavy atom. The molecule has 0 bridgehead atoms. The molecule has 0 unspecified atom stereocenters. The first kappa shape index (κ1) is 26.7. The second-order valence-electron chi connectivity index (χ2n) is 9.45. The maximum atomic E-state index is 13.2. The number of hydrogen-bond donors (Lipinski definition) is 5. The van der Waals surface area contributed by atoms with Crippen molar-refractivity contribution in [3.8, 4) is 11.5 Å². The number of carbonyl (C=O) groups is 3. The van der Waals surface area contributed by atoms with Crippen LogP contribution in [-0.2, 0) is 20.7 Å². The number of phenolic OH excluding ortho intramolecular Hbond substituents is 2. The monoisotopic (exact) mass is 539 g/mol. The van der Waals surface area contributed by atoms with Crippen LogP contribution in [0.15, 0.2) is 10.8 Å². The molecular weight excluding hydrogens is 514 g/mol. The highest BCUT2D eigenvalue weighted by Gasteiger charge is 2.49. The van der Waals surface area contributed by atoms with Crippen molar-refractivity contribution in [2.45, 2.75) is 69.4 Å². The van der Waals surface area contributed by atoms with Crippen molar-refractivity contribution in [1.82, 2.24) is 0 Å². The molecule has 0 saturated carbocycles. The molecule has 0 spiro atoms. The summed E-state index contributed by atoms with van der Waals surface area (Å²) >= 11 is 1.14. The van der Waals surface area contributed by atoms with E-state index in [1.807, 2.05) is 0 Å². The van der Waals surface area contributed by atoms with Crippen LogP contribution in [0.3, 0.4) is 0 Å². The standard InChI is InChI=1S/C24H25NO9S.ClH/c1-8-19(27)13(25)3-15(33-8)34-14-5-24(32,9(2)26)4-10-16(14)23(31)18-17(20(10)28)21(29)11-6-35-7-12(11)22(18)30;/h6-8,13-15,19,27-28,31-32H,3-5,25H2,1-2H3;1H/t8-,13-,14+,15-,19+,24+;/m0./s1. The number of nitrogens with two attached hydrogens (primary N) is 1. The van der Waals surface area contributed by atoms with Crippen LogP contribution in [0.2, 0.25) is 0 Å². The van der Waals surface area contributed by atoms with E-state index in [1.54, 1.807) is 6.92 Å². The number of ether oxygens (including phenoxy) is 2. The van der Waals surface area contributed by atoms with Gasteiger partial charge in [0.05, 0.1) is 29.4 Å². The van der Waals surface area contributed by atoms with Gasteiger partial charge in [-0.15, -0.1) is 12.4 Å². The minimum atomic E-state index is -1.97. The maximum absolute atomic E-state index is 13.2. The van der Waals surface area contributed by atoms with Gasteiger partial charge in [-0.3, -0.25) is 14.4 Å². The van der Waals surface area contributed by atoms with Gasteiger partial charge in [0, 0.05) is 58.3 Å². The van der Waals surface area contributed by atoms with Gasteiger partial charge >= 0.3 is 0 Å². The maximum Gasteiger partial charge on any atom is 0.199 e. The number of benzene rings is 1. The van der Waals surface area contributed by atoms with E-state index in [0.29, 0.717) is 0 Å². The molecule has 10 nitrogen and oxygen atoms in total. The summed E-state index contributed by atoms with van der Waals surface area (Å²) in [7, 11) is 0. The van der Waals surface area contributed by atoms with E-state index in [0.717, 1.165) is 11.3 Å². The molecule has 0 amide bonds. The second-order valence-corrected chi connectivity index (χ2v) is 10.2. The topological polar surface area (TPSA) is 177 Å². The summed E-state index contributed by atoms with van der Waals surface area (Å²) in [6.45, 7) is 2.80. The summed E-state index contributed by atoms with van der Waals surface area (Å²) in [5, 5.41) is 46.6. The third-order valence-electron chi connectivity index (χ3n) is 7.23. The Morgan fingerprint density at radius 1 is 1.17 bits per heavy atom. The van der Waals surface area contributed by atoms with Gasteiger partial charge in [0.15, 0.2) is 23.6 Å². The van der Waals surface area contributed by atoms with Gasteiger partial charge in [-0.05, 0) is 13.8 Å². The second kappa shape index (κ2) is 9.18. The zero-order valence-electron chi connectivity index (χ0n) is 19.4. The Bertz CT molecular complexity index is 1260. The number of aliphatic hydroxyl groups is 2. The van der Waals surface area contributed by atoms with Gasteiger partial charge in [0.25, 0.3) is 0 Å². The van der Waals surface area contributed by atoms with Gasteiger partial charge in [0.2, 0.25) is 0 Å². The lowest BCUT2D eigenvalue weighted by Crippen LogP contribution is -2.52. The van der Waals surface area contributed by atoms with Crippen molar-refractivity contribution in [1.29, 1.82) is 0 Å². The van der Waals surface area contributed by atoms with Crippen molar-refractivity contribution in [3.05, 3.63) is 44.1 Å². The van der Waals surface area contributed by atoms with Crippen molar-refractivity contribution >= 4 is 41.1 Å². The summed E-state index contributed by atoms with van der Waals surface area (Å²) in [6.07, 6.45) is -4.33. The zero-order valence-corrected chi connectivity index (χ0v) is 21.0. The number of hydrogen-bond acceptors (Lipinski definition) is 11. The number of aromatic hydroxyl groups is 2. The smallest absolute Gasteiger partial charge is 0.199 e. The third kappa shape index (κ3) is 3.86. The molecule has 36 heavy (non-hydrogen) atoms. The molecule has 2 heterocycles. The van der Waals surface area contributed by atoms with Gasteiger partial charge in [0.1, 0.15) is 17.1 Å². The average molecular weight is 540 g/mol. The van der Waals surface area contributed by atoms with Crippen LogP contribution in [0.5, 0.6) is 11.5 Å². The molecule has 6 N–H and O–H groups in total. The molecular formula is C24H26ClNO9S. The van der Waals surface area contributed by atoms with Crippen molar-refractivity contribution < 1.29 is 44.3 Å². The van der Waals surface area contributed by atoms with Crippen LogP contribution in [0.4, 0.5) is 0 Å². The van der Waals surface area contributed by atoms with E-state index in [-0.39, 0.29) is 65.1 Å². The summed E-state index contributed by atoms with van der Waals surface area (Å²) in [5.74, 6) is -2.98. The van der Waals surface area contributed by atoms with Gasteiger partial charge in [-0.2, -0.15) is 11.3 Å². The highest BCUT2D eigenvalue weighted by molar-refractivity contribution is 7.08. The minimum Gasteiger partial charge on any atom is -0.507 e. The van der Waals surface area contributed by atoms with Gasteiger partial charge < -0.3 is 35.6 Å². The number of thiophene rings is 1. The van der Waals surface area contributed by atoms with E-state index in [9.17, 15) is 34.8 Å². The third-order valence-corrected chi connectivity index (χ3v) is 7.97. The number of phenols is 2. The largest absolute Gasteiger partial charge is 0.507 e. The summed E-state index contributed by atoms with van der Waals surface area (Å²) in [5.41, 5.74) is 3.51. The van der Waals surface area contributed by atoms with Crippen LogP contribution in [0.25, 0.3) is 0 Å². The fourth-order valence-electron chi connectivity index (χ4n) is 5.19. The molecule has 2 aromatic rings. The Hall–Kier alpha value is -2.38. The zero-order chi connectivity index (χ0) is 25.4. The molecule has 5 rings (SSSR count). The number of aliphatic hydroxyl groups excluding tert-OH is 1. The van der Waals surface area contributed by atoms with E-state index < -0.39 is 65.1 Å². The van der Waals surface area contributed by atoms with Crippen molar-refractivity contribution in [2.24, 2.45) is 5.73 Å². The summed E-state index contributed by atoms with van der Waals surface area (Å²) in [4.78, 5) is 38.7. The van der Waals surface area contributed by atoms with Crippen molar-refractivity contribution in [2.75, 3.05) is 0 Å². The fraction of sp³-hybridized carbons (Fsp3) is 0.458. The highest BCUT2D eigenvalue weighted by atomic mass is 35.5. The molecule has 0 radical (unpaired) electrons. The highest BCUT2D eigenvalue weighted by Crippen LogP contribution is 2.52. The quantitative estimate of drug-likeness (QED) is 0.306. The van der Waals surface area contributed by atoms with Crippen LogP contribution in [0.1, 0.15) is 75.8 Å². The van der Waals surface area contributed by atoms with Gasteiger partial charge in [-0.25, -0.2) is 0 Å². The number of rotatable bonds is 3. The first-order valence-electron chi connectivity index (χ1n) is 11.2. The number of carbonyl (C=O) groups excluding carboxylic acids is 3. The molecule has 1 aliphatic heterocycles. The SMILES string of the molecule is CC(=O)[C@@]1(O)Cc2c(O)c3c(c(O)c2[C@H](O[C@H]2C[C@H](N)[C@H](O)[C@H](C)O2)C1)C(=O)c1cscc1C3=O.Cl. The summed E-state index contributed by atoms with van der Waals surface area (Å²) in [6, 6.07) is -0.666. The molecule has 6 atom stereocenters. The molecule has 1 saturated heterocycles. The predicted molar refractivity (Wildman–Crippen MR) is 129 cm³/mol. The minimum absolute atomic E-state index is 0. The molecule has 1 aromatic carbocycles. The predicted octanol–water partition coefficient (Wildman–Crippen LogP) is 1.50. The van der Waals surface area contributed by atoms with E-state index in [2.05, 4.69) is 0 Å². The number of ketones is 3. The lowest BCUT2D eigenvalue weighted by atomic mass is 9.72. The summed E-state index contributed by atoms with van der Waals surface area (Å²) < 4.78 is 11.7. The van der Waals surface area contributed by atoms with Crippen LogP contribution in [-0.4, -0.2) is 67.9 Å². The number of halogens is 1. The van der Waals surface area contributed by atoms with E-state index >= 15 is 0 Å². The van der Waals surface area contributed by atoms with Crippen molar-refractivity contribution in [3.63, 3.8) is 0 Å². The van der Waals surface area contributed by atoms with Crippen LogP contribution in [0, 0.1) is 0 Å². The number of fused-ring (bicyclic) bond motifs is 3. The first-order chi connectivity index (χ1) is 16.4. The molecule has 1 aromatic heterocycles. The van der Waals surface area contributed by atoms with Crippen LogP contribution < -0.4 is 5.73 Å². The molecule has 2 aliphatic carbocycles. The first-order valence-corrected chi connectivity index (χ1v) is 12.1. The normalized spacial score (nSPS) is 31.2. The molecule has 12 heteroatoms. The lowest BCUT2D eigenvalue weighted by molar-refractivity contribution is -0.247. The molecule has 3 aliphatic rings. The average Bonchev–Trinajstić information content (AvgIpc) is 3.28. The number of Topliss-reactive ketones (excluding diaryl/α,β-unsaturated/α-hetero) is 1. The Labute approximate surface area is 216 Å². The lowest BCUT2D eigenvalue weighted by Gasteiger charge is -2.42. The molecule has 1 fully saturated rings. The fourth-order valence-corrected chi connectivity index (χ4v) is 6.00. The Morgan fingerprint density at radius 2 is 1.75 bits per heavy atom. The van der Waals surface area contributed by atoms with E-state index in [1.165, 1.54) is 17.7 Å². The Balaban J connectivity index is 0.00000304. The Kier molecular flexibility index (Phi) is 6.80. The molecule has 194 valence electrons. The van der Waals surface area contributed by atoms with E-state index in [4.69, 9.17) is 15.2 Å². The van der Waals surface area contributed by atoms with Gasteiger partial charge in [-0.1, -0.05) is 0 Å². The van der Waals surface area contributed by atoms with Crippen LogP contribution >= 0.6 is 23.7 Å².